The van der Waals surface area contributed by atoms with Gasteiger partial charge in [0.25, 0.3) is 0 Å². The number of phenols is 2. The van der Waals surface area contributed by atoms with E-state index in [9.17, 15) is 10.2 Å². The van der Waals surface area contributed by atoms with Crippen molar-refractivity contribution in [3.63, 3.8) is 0 Å². The molecule has 2 nitrogen and oxygen atoms in total. The van der Waals surface area contributed by atoms with E-state index in [4.69, 9.17) is 0 Å². The molecule has 32 heavy (non-hydrogen) atoms. The molecule has 176 valence electrons. The van der Waals surface area contributed by atoms with Gasteiger partial charge in [0.1, 0.15) is 11.5 Å². The summed E-state index contributed by atoms with van der Waals surface area (Å²) >= 11 is 0. The molecule has 0 heterocycles. The van der Waals surface area contributed by atoms with E-state index in [0.717, 1.165) is 61.6 Å². The molecule has 0 radical (unpaired) electrons. The Morgan fingerprint density at radius 2 is 1.69 bits per heavy atom. The van der Waals surface area contributed by atoms with Crippen LogP contribution in [-0.2, 0) is 6.42 Å². The van der Waals surface area contributed by atoms with Crippen molar-refractivity contribution in [2.24, 2.45) is 5.92 Å². The Morgan fingerprint density at radius 3 is 2.38 bits per heavy atom. The predicted octanol–water partition coefficient (Wildman–Crippen LogP) is 8.84. The Balaban J connectivity index is 2.07. The number of rotatable bonds is 9. The van der Waals surface area contributed by atoms with Crippen LogP contribution in [-0.4, -0.2) is 10.2 Å². The molecule has 3 atom stereocenters. The van der Waals surface area contributed by atoms with Crippen LogP contribution in [0.3, 0.4) is 0 Å². The number of unbranched alkanes of at least 4 members (excludes halogenated alkanes) is 4. The summed E-state index contributed by atoms with van der Waals surface area (Å²) in [6.45, 7) is 13.0. The molecule has 1 aromatic carbocycles. The van der Waals surface area contributed by atoms with Gasteiger partial charge in [0, 0.05) is 23.0 Å². The molecule has 0 saturated carbocycles. The molecule has 0 bridgehead atoms. The Bertz CT molecular complexity index is 873. The zero-order valence-electron chi connectivity index (χ0n) is 20.8. The molecule has 0 aromatic heterocycles. The fourth-order valence-corrected chi connectivity index (χ4v) is 5.85. The number of aromatic hydroxyl groups is 2. The monoisotopic (exact) mass is 436 g/mol. The van der Waals surface area contributed by atoms with Gasteiger partial charge in [-0.25, -0.2) is 0 Å². The number of benzene rings is 1. The highest BCUT2D eigenvalue weighted by Crippen LogP contribution is 2.50. The van der Waals surface area contributed by atoms with Crippen molar-refractivity contribution in [1.82, 2.24) is 0 Å². The Morgan fingerprint density at radius 1 is 0.969 bits per heavy atom. The van der Waals surface area contributed by atoms with Gasteiger partial charge in [0.15, 0.2) is 0 Å². The molecular weight excluding hydrogens is 392 g/mol. The molecule has 1 aromatic rings. The second-order valence-corrected chi connectivity index (χ2v) is 10.4. The zero-order valence-corrected chi connectivity index (χ0v) is 20.8. The van der Waals surface area contributed by atoms with E-state index >= 15 is 0 Å². The van der Waals surface area contributed by atoms with Crippen LogP contribution < -0.4 is 0 Å². The van der Waals surface area contributed by atoms with Crippen LogP contribution in [0.1, 0.15) is 120 Å². The summed E-state index contributed by atoms with van der Waals surface area (Å²) in [5.41, 5.74) is 6.86. The van der Waals surface area contributed by atoms with Gasteiger partial charge in [0.2, 0.25) is 0 Å². The molecule has 2 N–H and O–H groups in total. The number of hydrogen-bond donors (Lipinski definition) is 2. The van der Waals surface area contributed by atoms with Crippen molar-refractivity contribution in [1.29, 1.82) is 0 Å². The molecule has 3 rings (SSSR count). The second kappa shape index (κ2) is 11.3. The summed E-state index contributed by atoms with van der Waals surface area (Å²) in [4.78, 5) is 0. The number of allylic oxidation sites excluding steroid dienone is 5. The minimum absolute atomic E-state index is 0.0954. The summed E-state index contributed by atoms with van der Waals surface area (Å²) in [7, 11) is 0. The van der Waals surface area contributed by atoms with E-state index in [1.807, 2.05) is 6.07 Å². The molecule has 0 amide bonds. The van der Waals surface area contributed by atoms with Crippen LogP contribution in [0.15, 0.2) is 41.5 Å². The molecule has 2 heteroatoms. The molecule has 2 aliphatic carbocycles. The third-order valence-electron chi connectivity index (χ3n) is 7.65. The summed E-state index contributed by atoms with van der Waals surface area (Å²) in [5, 5.41) is 22.8. The lowest BCUT2D eigenvalue weighted by Crippen LogP contribution is -2.19. The third-order valence-corrected chi connectivity index (χ3v) is 7.65. The van der Waals surface area contributed by atoms with Gasteiger partial charge in [-0.2, -0.15) is 0 Å². The fourth-order valence-electron chi connectivity index (χ4n) is 5.85. The maximum Gasteiger partial charge on any atom is 0.127 e. The summed E-state index contributed by atoms with van der Waals surface area (Å²) < 4.78 is 0. The van der Waals surface area contributed by atoms with Gasteiger partial charge in [-0.05, 0) is 83.3 Å². The second-order valence-electron chi connectivity index (χ2n) is 10.4. The minimum Gasteiger partial charge on any atom is -0.507 e. The van der Waals surface area contributed by atoms with Crippen molar-refractivity contribution >= 4 is 0 Å². The van der Waals surface area contributed by atoms with Crippen LogP contribution in [0.25, 0.3) is 0 Å². The molecule has 2 aliphatic rings. The summed E-state index contributed by atoms with van der Waals surface area (Å²) in [5.74, 6) is 1.18. The Hall–Kier alpha value is -1.96. The first-order chi connectivity index (χ1) is 15.3. The van der Waals surface area contributed by atoms with Crippen LogP contribution in [0.4, 0.5) is 0 Å². The first-order valence-electron chi connectivity index (χ1n) is 12.9. The van der Waals surface area contributed by atoms with Crippen molar-refractivity contribution in [3.05, 3.63) is 58.2 Å². The van der Waals surface area contributed by atoms with E-state index in [1.165, 1.54) is 42.4 Å². The van der Waals surface area contributed by atoms with Gasteiger partial charge >= 0.3 is 0 Å². The number of hydrogen-bond acceptors (Lipinski definition) is 2. The summed E-state index contributed by atoms with van der Waals surface area (Å²) in [6.07, 6.45) is 17.0. The van der Waals surface area contributed by atoms with E-state index in [0.29, 0.717) is 11.7 Å². The maximum atomic E-state index is 11.7. The number of phenolic OH excluding ortho intramolecular Hbond substituents is 2. The smallest absolute Gasteiger partial charge is 0.127 e. The van der Waals surface area contributed by atoms with Gasteiger partial charge in [-0.1, -0.05) is 68.1 Å². The van der Waals surface area contributed by atoms with E-state index < -0.39 is 0 Å². The van der Waals surface area contributed by atoms with Crippen LogP contribution >= 0.6 is 0 Å². The highest BCUT2D eigenvalue weighted by atomic mass is 16.3. The average Bonchev–Trinajstić information content (AvgIpc) is 2.73. The van der Waals surface area contributed by atoms with Crippen molar-refractivity contribution in [2.45, 2.75) is 110 Å². The van der Waals surface area contributed by atoms with Gasteiger partial charge in [0.05, 0.1) is 0 Å². The maximum absolute atomic E-state index is 11.7. The van der Waals surface area contributed by atoms with Crippen molar-refractivity contribution < 1.29 is 10.2 Å². The third kappa shape index (κ3) is 5.69. The van der Waals surface area contributed by atoms with E-state index in [1.54, 1.807) is 0 Å². The normalized spacial score (nSPS) is 23.6. The molecular formula is C30H44O2. The topological polar surface area (TPSA) is 40.5 Å². The highest BCUT2D eigenvalue weighted by molar-refractivity contribution is 5.59. The largest absolute Gasteiger partial charge is 0.507 e. The van der Waals surface area contributed by atoms with E-state index in [2.05, 4.69) is 46.4 Å². The predicted molar refractivity (Wildman–Crippen MR) is 137 cm³/mol. The Kier molecular flexibility index (Phi) is 8.68. The molecule has 2 unspecified atom stereocenters. The zero-order chi connectivity index (χ0) is 23.3. The van der Waals surface area contributed by atoms with Gasteiger partial charge in [-0.3, -0.25) is 0 Å². The lowest BCUT2D eigenvalue weighted by molar-refractivity contribution is 0.407. The highest BCUT2D eigenvalue weighted by Gasteiger charge is 2.33. The SMILES string of the molecule is C=C(C)C1CCC(C)=C[C@H]1c1c(CCCCCCC)cc(O)c(C2C=C(C)CCC2)c1O. The average molecular weight is 437 g/mol. The first-order valence-corrected chi connectivity index (χ1v) is 12.9. The van der Waals surface area contributed by atoms with Crippen LogP contribution in [0, 0.1) is 5.92 Å². The quantitative estimate of drug-likeness (QED) is 0.300. The number of aryl methyl sites for hydroxylation is 1. The lowest BCUT2D eigenvalue weighted by atomic mass is 9.71. The van der Waals surface area contributed by atoms with E-state index in [-0.39, 0.29) is 17.6 Å². The molecule has 0 aliphatic heterocycles. The summed E-state index contributed by atoms with van der Waals surface area (Å²) in [6, 6.07) is 1.98. The molecule has 0 saturated heterocycles. The standard InChI is InChI=1S/C30H44O2/c1-6-7-8-9-10-13-24-19-27(31)29(23-14-11-12-21(4)17-23)30(32)28(24)26-18-22(5)15-16-25(26)20(2)3/h17-19,23,25-26,31-32H,2,6-16H2,1,3-5H3/t23?,25?,26-/m1/s1. The Labute approximate surface area is 196 Å². The van der Waals surface area contributed by atoms with Gasteiger partial charge < -0.3 is 10.2 Å². The molecule has 0 fully saturated rings. The minimum atomic E-state index is 0.0954. The fraction of sp³-hybridized carbons (Fsp3) is 0.600. The lowest BCUT2D eigenvalue weighted by Gasteiger charge is -2.34. The van der Waals surface area contributed by atoms with Crippen LogP contribution in [0.2, 0.25) is 0 Å². The van der Waals surface area contributed by atoms with Crippen molar-refractivity contribution in [3.8, 4) is 11.5 Å². The van der Waals surface area contributed by atoms with Crippen LogP contribution in [0.5, 0.6) is 11.5 Å². The van der Waals surface area contributed by atoms with Crippen molar-refractivity contribution in [2.75, 3.05) is 0 Å². The van der Waals surface area contributed by atoms with Gasteiger partial charge in [-0.15, -0.1) is 0 Å². The first kappa shape index (κ1) is 24.7. The molecule has 0 spiro atoms.